The number of amides is 1. The van der Waals surface area contributed by atoms with Gasteiger partial charge >= 0.3 is 6.18 Å². The molecule has 2 aromatic heterocycles. The number of hydrogen-bond acceptors (Lipinski definition) is 4. The van der Waals surface area contributed by atoms with Gasteiger partial charge in [0.15, 0.2) is 0 Å². The Balaban J connectivity index is 2.00. The standard InChI is InChI=1S/C15H13F3N2O2S/c1-20(8-6-10-3-2-7-19-9-10)14(22)12-5-4-11(23-12)13(21)15(16,17)18/h2-5,7,9H,6,8H2,1H3. The predicted octanol–water partition coefficient (Wildman–Crippen LogP) is 3.20. The van der Waals surface area contributed by atoms with Crippen LogP contribution in [0.3, 0.4) is 0 Å². The van der Waals surface area contributed by atoms with E-state index in [9.17, 15) is 22.8 Å². The number of halogens is 3. The van der Waals surface area contributed by atoms with E-state index in [1.807, 2.05) is 6.07 Å². The van der Waals surface area contributed by atoms with E-state index < -0.39 is 22.7 Å². The molecule has 0 aromatic carbocycles. The largest absolute Gasteiger partial charge is 0.455 e. The average molecular weight is 342 g/mol. The number of hydrogen-bond donors (Lipinski definition) is 0. The summed E-state index contributed by atoms with van der Waals surface area (Å²) in [5, 5.41) is 0. The summed E-state index contributed by atoms with van der Waals surface area (Å²) < 4.78 is 37.1. The van der Waals surface area contributed by atoms with Crippen molar-refractivity contribution in [3.63, 3.8) is 0 Å². The summed E-state index contributed by atoms with van der Waals surface area (Å²) in [6.07, 6.45) is -1.03. The van der Waals surface area contributed by atoms with E-state index in [-0.39, 0.29) is 4.88 Å². The molecule has 2 heterocycles. The number of pyridine rings is 1. The van der Waals surface area contributed by atoms with Gasteiger partial charge in [-0.3, -0.25) is 14.6 Å². The van der Waals surface area contributed by atoms with Crippen LogP contribution in [0.1, 0.15) is 24.9 Å². The number of likely N-dealkylation sites (N-methyl/N-ethyl adjacent to an activating group) is 1. The third kappa shape index (κ3) is 4.38. The van der Waals surface area contributed by atoms with Crippen molar-refractivity contribution in [1.29, 1.82) is 0 Å². The van der Waals surface area contributed by atoms with Crippen LogP contribution in [0.25, 0.3) is 0 Å². The molecule has 0 atom stereocenters. The summed E-state index contributed by atoms with van der Waals surface area (Å²) >= 11 is 0.553. The molecule has 0 N–H and O–H groups in total. The fourth-order valence-electron chi connectivity index (χ4n) is 1.85. The molecule has 8 heteroatoms. The van der Waals surface area contributed by atoms with Crippen molar-refractivity contribution in [2.75, 3.05) is 13.6 Å². The first-order chi connectivity index (χ1) is 10.8. The molecule has 0 aliphatic rings. The smallest absolute Gasteiger partial charge is 0.341 e. The number of rotatable bonds is 5. The monoisotopic (exact) mass is 342 g/mol. The lowest BCUT2D eigenvalue weighted by Crippen LogP contribution is -2.28. The number of aromatic nitrogens is 1. The highest BCUT2D eigenvalue weighted by Crippen LogP contribution is 2.27. The maximum atomic E-state index is 12.4. The van der Waals surface area contributed by atoms with Crippen molar-refractivity contribution >= 4 is 23.0 Å². The van der Waals surface area contributed by atoms with E-state index in [2.05, 4.69) is 4.98 Å². The van der Waals surface area contributed by atoms with Gasteiger partial charge in [-0.25, -0.2) is 0 Å². The Morgan fingerprint density at radius 1 is 1.22 bits per heavy atom. The lowest BCUT2D eigenvalue weighted by molar-refractivity contribution is -0.0882. The summed E-state index contributed by atoms with van der Waals surface area (Å²) in [6, 6.07) is 5.93. The Hall–Kier alpha value is -2.22. The Morgan fingerprint density at radius 3 is 2.52 bits per heavy atom. The molecule has 0 spiro atoms. The van der Waals surface area contributed by atoms with Crippen molar-refractivity contribution < 1.29 is 22.8 Å². The molecule has 0 fully saturated rings. The summed E-state index contributed by atoms with van der Waals surface area (Å²) in [4.78, 5) is 28.3. The topological polar surface area (TPSA) is 50.3 Å². The average Bonchev–Trinajstić information content (AvgIpc) is 3.00. The fourth-order valence-corrected chi connectivity index (χ4v) is 2.81. The van der Waals surface area contributed by atoms with Gasteiger partial charge in [-0.05, 0) is 30.2 Å². The molecular weight excluding hydrogens is 329 g/mol. The van der Waals surface area contributed by atoms with Crippen LogP contribution in [-0.2, 0) is 6.42 Å². The minimum absolute atomic E-state index is 0.103. The number of Topliss-reactive ketones (excluding diaryl/α,β-unsaturated/α-hetero) is 1. The highest BCUT2D eigenvalue weighted by atomic mass is 32.1. The van der Waals surface area contributed by atoms with Crippen LogP contribution >= 0.6 is 11.3 Å². The van der Waals surface area contributed by atoms with Crippen LogP contribution in [0.2, 0.25) is 0 Å². The van der Waals surface area contributed by atoms with E-state index in [0.717, 1.165) is 11.6 Å². The second-order valence-corrected chi connectivity index (χ2v) is 5.91. The minimum atomic E-state index is -4.93. The predicted molar refractivity (Wildman–Crippen MR) is 79.6 cm³/mol. The van der Waals surface area contributed by atoms with E-state index >= 15 is 0 Å². The van der Waals surface area contributed by atoms with Crippen molar-refractivity contribution in [3.05, 3.63) is 52.0 Å². The number of thiophene rings is 1. The molecule has 2 rings (SSSR count). The molecule has 23 heavy (non-hydrogen) atoms. The highest BCUT2D eigenvalue weighted by Gasteiger charge is 2.40. The lowest BCUT2D eigenvalue weighted by Gasteiger charge is -2.16. The maximum absolute atomic E-state index is 12.4. The van der Waals surface area contributed by atoms with Gasteiger partial charge in [-0.1, -0.05) is 6.07 Å². The summed E-state index contributed by atoms with van der Waals surface area (Å²) in [5.74, 6) is -2.35. The molecule has 0 unspecified atom stereocenters. The second kappa shape index (κ2) is 6.91. The van der Waals surface area contributed by atoms with Gasteiger partial charge in [0.25, 0.3) is 11.7 Å². The fraction of sp³-hybridized carbons (Fsp3) is 0.267. The first-order valence-corrected chi connectivity index (χ1v) is 7.46. The van der Waals surface area contributed by atoms with Gasteiger partial charge in [-0.2, -0.15) is 13.2 Å². The van der Waals surface area contributed by atoms with Crippen molar-refractivity contribution in [1.82, 2.24) is 9.88 Å². The van der Waals surface area contributed by atoms with Gasteiger partial charge in [0.1, 0.15) is 0 Å². The summed E-state index contributed by atoms with van der Waals surface area (Å²) in [7, 11) is 1.56. The van der Waals surface area contributed by atoms with Gasteiger partial charge in [0.2, 0.25) is 0 Å². The van der Waals surface area contributed by atoms with E-state index in [1.54, 1.807) is 25.5 Å². The molecule has 2 aromatic rings. The zero-order valence-electron chi connectivity index (χ0n) is 12.1. The quantitative estimate of drug-likeness (QED) is 0.784. The number of carbonyl (C=O) groups excluding carboxylic acids is 2. The highest BCUT2D eigenvalue weighted by molar-refractivity contribution is 7.16. The van der Waals surface area contributed by atoms with Crippen LogP contribution in [0.5, 0.6) is 0 Å². The van der Waals surface area contributed by atoms with E-state index in [4.69, 9.17) is 0 Å². The lowest BCUT2D eigenvalue weighted by atomic mass is 10.2. The van der Waals surface area contributed by atoms with Crippen molar-refractivity contribution in [2.45, 2.75) is 12.6 Å². The summed E-state index contributed by atoms with van der Waals surface area (Å²) in [5.41, 5.74) is 0.950. The molecule has 0 bridgehead atoms. The van der Waals surface area contributed by atoms with Crippen LogP contribution < -0.4 is 0 Å². The first-order valence-electron chi connectivity index (χ1n) is 6.65. The van der Waals surface area contributed by atoms with Crippen LogP contribution in [0, 0.1) is 0 Å². The minimum Gasteiger partial charge on any atom is -0.341 e. The molecule has 122 valence electrons. The molecule has 0 aliphatic heterocycles. The third-order valence-corrected chi connectivity index (χ3v) is 4.18. The number of alkyl halides is 3. The molecule has 0 saturated carbocycles. The number of ketones is 1. The number of nitrogens with zero attached hydrogens (tertiary/aromatic N) is 2. The SMILES string of the molecule is CN(CCc1cccnc1)C(=O)c1ccc(C(=O)C(F)(F)F)s1. The van der Waals surface area contributed by atoms with Crippen molar-refractivity contribution in [2.24, 2.45) is 0 Å². The molecule has 1 amide bonds. The Morgan fingerprint density at radius 2 is 1.91 bits per heavy atom. The zero-order valence-corrected chi connectivity index (χ0v) is 12.9. The normalized spacial score (nSPS) is 11.3. The van der Waals surface area contributed by atoms with Crippen LogP contribution in [0.4, 0.5) is 13.2 Å². The van der Waals surface area contributed by atoms with Gasteiger partial charge in [-0.15, -0.1) is 11.3 Å². The second-order valence-electron chi connectivity index (χ2n) is 4.83. The molecular formula is C15H13F3N2O2S. The Labute approximate surface area is 134 Å². The zero-order chi connectivity index (χ0) is 17.0. The Kier molecular flexibility index (Phi) is 5.15. The Bertz CT molecular complexity index is 698. The van der Waals surface area contributed by atoms with Crippen LogP contribution in [-0.4, -0.2) is 41.3 Å². The van der Waals surface area contributed by atoms with Gasteiger partial charge in [0, 0.05) is 26.0 Å². The number of carbonyl (C=O) groups is 2. The molecule has 0 saturated heterocycles. The first kappa shape index (κ1) is 17.1. The molecule has 0 aliphatic carbocycles. The third-order valence-electron chi connectivity index (χ3n) is 3.10. The van der Waals surface area contributed by atoms with Gasteiger partial charge < -0.3 is 4.90 Å². The molecule has 4 nitrogen and oxygen atoms in total. The molecule has 0 radical (unpaired) electrons. The van der Waals surface area contributed by atoms with E-state index in [1.165, 1.54) is 11.0 Å². The van der Waals surface area contributed by atoms with Crippen molar-refractivity contribution in [3.8, 4) is 0 Å². The van der Waals surface area contributed by atoms with E-state index in [0.29, 0.717) is 24.3 Å². The summed E-state index contributed by atoms with van der Waals surface area (Å²) in [6.45, 7) is 0.394. The maximum Gasteiger partial charge on any atom is 0.455 e. The van der Waals surface area contributed by atoms with Gasteiger partial charge in [0.05, 0.1) is 9.75 Å². The van der Waals surface area contributed by atoms with Crippen LogP contribution in [0.15, 0.2) is 36.7 Å².